The fourth-order valence-electron chi connectivity index (χ4n) is 2.45. The molecule has 0 aromatic rings. The van der Waals surface area contributed by atoms with Crippen molar-refractivity contribution in [2.24, 2.45) is 11.8 Å². The summed E-state index contributed by atoms with van der Waals surface area (Å²) in [6, 6.07) is 0.336. The van der Waals surface area contributed by atoms with Crippen molar-refractivity contribution >= 4 is 11.8 Å². The maximum Gasteiger partial charge on any atom is 0.225 e. The quantitative estimate of drug-likeness (QED) is 0.694. The number of amides is 2. The van der Waals surface area contributed by atoms with Gasteiger partial charge in [-0.3, -0.25) is 9.59 Å². The second-order valence-corrected chi connectivity index (χ2v) is 4.83. The average Bonchev–Trinajstić information content (AvgIpc) is 2.75. The van der Waals surface area contributed by atoms with Gasteiger partial charge < -0.3 is 10.6 Å². The zero-order valence-corrected chi connectivity index (χ0v) is 9.08. The van der Waals surface area contributed by atoms with Gasteiger partial charge in [0.1, 0.15) is 0 Å². The van der Waals surface area contributed by atoms with E-state index in [2.05, 4.69) is 17.6 Å². The Labute approximate surface area is 89.8 Å². The van der Waals surface area contributed by atoms with Crippen molar-refractivity contribution in [1.29, 1.82) is 0 Å². The van der Waals surface area contributed by atoms with Crippen molar-refractivity contribution in [3.8, 4) is 0 Å². The lowest BCUT2D eigenvalue weighted by atomic mass is 10.1. The third-order valence-electron chi connectivity index (χ3n) is 3.39. The summed E-state index contributed by atoms with van der Waals surface area (Å²) in [4.78, 5) is 22.7. The van der Waals surface area contributed by atoms with Crippen LogP contribution < -0.4 is 10.6 Å². The van der Waals surface area contributed by atoms with E-state index in [4.69, 9.17) is 0 Å². The van der Waals surface area contributed by atoms with E-state index in [0.29, 0.717) is 19.0 Å². The van der Waals surface area contributed by atoms with Crippen LogP contribution in [0.25, 0.3) is 0 Å². The maximum atomic E-state index is 11.8. The lowest BCUT2D eigenvalue weighted by Gasteiger charge is -2.15. The van der Waals surface area contributed by atoms with Crippen LogP contribution in [0.1, 0.15) is 32.6 Å². The molecule has 84 valence electrons. The molecule has 0 aromatic carbocycles. The molecular formula is C11H18N2O2. The van der Waals surface area contributed by atoms with Gasteiger partial charge in [0.05, 0.1) is 5.92 Å². The van der Waals surface area contributed by atoms with E-state index < -0.39 is 0 Å². The Morgan fingerprint density at radius 3 is 2.80 bits per heavy atom. The van der Waals surface area contributed by atoms with Crippen LogP contribution in [0.15, 0.2) is 0 Å². The zero-order valence-electron chi connectivity index (χ0n) is 9.08. The first-order valence-electron chi connectivity index (χ1n) is 5.72. The number of carbonyl (C=O) groups excluding carboxylic acids is 2. The number of carbonyl (C=O) groups is 2. The first kappa shape index (κ1) is 10.5. The largest absolute Gasteiger partial charge is 0.355 e. The summed E-state index contributed by atoms with van der Waals surface area (Å²) in [5.74, 6) is 0.620. The third kappa shape index (κ3) is 2.49. The van der Waals surface area contributed by atoms with Crippen LogP contribution in [0, 0.1) is 11.8 Å². The molecule has 1 saturated carbocycles. The Hall–Kier alpha value is -1.06. The number of nitrogens with one attached hydrogen (secondary N) is 2. The topological polar surface area (TPSA) is 58.2 Å². The van der Waals surface area contributed by atoms with E-state index in [1.54, 1.807) is 0 Å². The molecule has 1 heterocycles. The van der Waals surface area contributed by atoms with Crippen LogP contribution in [0.3, 0.4) is 0 Å². The van der Waals surface area contributed by atoms with Gasteiger partial charge in [-0.2, -0.15) is 0 Å². The smallest absolute Gasteiger partial charge is 0.225 e. The molecule has 0 radical (unpaired) electrons. The minimum absolute atomic E-state index is 0.00469. The Kier molecular flexibility index (Phi) is 2.93. The van der Waals surface area contributed by atoms with Gasteiger partial charge in [-0.1, -0.05) is 6.92 Å². The van der Waals surface area contributed by atoms with Crippen molar-refractivity contribution in [2.45, 2.75) is 38.6 Å². The van der Waals surface area contributed by atoms with Crippen molar-refractivity contribution in [3.05, 3.63) is 0 Å². The van der Waals surface area contributed by atoms with Crippen LogP contribution in [0.4, 0.5) is 0 Å². The summed E-state index contributed by atoms with van der Waals surface area (Å²) < 4.78 is 0. The van der Waals surface area contributed by atoms with E-state index >= 15 is 0 Å². The summed E-state index contributed by atoms with van der Waals surface area (Å²) in [6.07, 6.45) is 3.72. The molecule has 2 aliphatic rings. The molecule has 0 bridgehead atoms. The third-order valence-corrected chi connectivity index (χ3v) is 3.39. The second kappa shape index (κ2) is 4.21. The van der Waals surface area contributed by atoms with Gasteiger partial charge in [-0.05, 0) is 25.2 Å². The fourth-order valence-corrected chi connectivity index (χ4v) is 2.45. The van der Waals surface area contributed by atoms with Crippen molar-refractivity contribution in [3.63, 3.8) is 0 Å². The molecular weight excluding hydrogens is 192 g/mol. The van der Waals surface area contributed by atoms with Gasteiger partial charge in [-0.15, -0.1) is 0 Å². The van der Waals surface area contributed by atoms with Crippen molar-refractivity contribution in [2.75, 3.05) is 6.54 Å². The molecule has 2 N–H and O–H groups in total. The number of hydrogen-bond donors (Lipinski definition) is 2. The van der Waals surface area contributed by atoms with E-state index in [9.17, 15) is 9.59 Å². The SMILES string of the molecule is CC1CCC(NC(=O)C2CNC(=O)C2)C1. The molecule has 1 saturated heterocycles. The van der Waals surface area contributed by atoms with Crippen LogP contribution >= 0.6 is 0 Å². The summed E-state index contributed by atoms with van der Waals surface area (Å²) in [5, 5.41) is 5.73. The monoisotopic (exact) mass is 210 g/mol. The standard InChI is InChI=1S/C11H18N2O2/c1-7-2-3-9(4-7)13-11(15)8-5-10(14)12-6-8/h7-9H,2-6H2,1H3,(H,12,14)(H,13,15). The Balaban J connectivity index is 1.79. The molecule has 0 aromatic heterocycles. The second-order valence-electron chi connectivity index (χ2n) is 4.83. The van der Waals surface area contributed by atoms with Gasteiger partial charge in [0, 0.05) is 19.0 Å². The molecule has 4 heteroatoms. The van der Waals surface area contributed by atoms with Crippen LogP contribution in [0.2, 0.25) is 0 Å². The predicted molar refractivity (Wildman–Crippen MR) is 56.1 cm³/mol. The highest BCUT2D eigenvalue weighted by Gasteiger charge is 2.30. The minimum atomic E-state index is -0.145. The highest BCUT2D eigenvalue weighted by atomic mass is 16.2. The molecule has 3 atom stereocenters. The fraction of sp³-hybridized carbons (Fsp3) is 0.818. The molecule has 1 aliphatic carbocycles. The van der Waals surface area contributed by atoms with Gasteiger partial charge >= 0.3 is 0 Å². The van der Waals surface area contributed by atoms with E-state index in [1.807, 2.05) is 0 Å². The first-order valence-corrected chi connectivity index (χ1v) is 5.72. The molecule has 0 spiro atoms. The molecule has 2 fully saturated rings. The van der Waals surface area contributed by atoms with Gasteiger partial charge in [0.15, 0.2) is 0 Å². The Morgan fingerprint density at radius 1 is 1.47 bits per heavy atom. The van der Waals surface area contributed by atoms with Crippen LogP contribution in [-0.4, -0.2) is 24.4 Å². The molecule has 3 unspecified atom stereocenters. The first-order chi connectivity index (χ1) is 7.15. The maximum absolute atomic E-state index is 11.8. The summed E-state index contributed by atoms with van der Waals surface area (Å²) in [6.45, 7) is 2.72. The highest BCUT2D eigenvalue weighted by molar-refractivity contribution is 5.89. The normalized spacial score (nSPS) is 35.3. The molecule has 4 nitrogen and oxygen atoms in total. The highest BCUT2D eigenvalue weighted by Crippen LogP contribution is 2.25. The van der Waals surface area contributed by atoms with Crippen LogP contribution in [0.5, 0.6) is 0 Å². The zero-order chi connectivity index (χ0) is 10.8. The number of hydrogen-bond acceptors (Lipinski definition) is 2. The molecule has 2 amide bonds. The lowest BCUT2D eigenvalue weighted by molar-refractivity contribution is -0.127. The van der Waals surface area contributed by atoms with Gasteiger partial charge in [0.25, 0.3) is 0 Å². The summed E-state index contributed by atoms with van der Waals surface area (Å²) >= 11 is 0. The molecule has 2 rings (SSSR count). The van der Waals surface area contributed by atoms with E-state index in [0.717, 1.165) is 18.8 Å². The summed E-state index contributed by atoms with van der Waals surface area (Å²) in [7, 11) is 0. The predicted octanol–water partition coefficient (Wildman–Crippen LogP) is 0.427. The van der Waals surface area contributed by atoms with Gasteiger partial charge in [-0.25, -0.2) is 0 Å². The average molecular weight is 210 g/mol. The van der Waals surface area contributed by atoms with Crippen molar-refractivity contribution in [1.82, 2.24) is 10.6 Å². The number of rotatable bonds is 2. The van der Waals surface area contributed by atoms with E-state index in [1.165, 1.54) is 6.42 Å². The van der Waals surface area contributed by atoms with Crippen molar-refractivity contribution < 1.29 is 9.59 Å². The Bertz CT molecular complexity index is 278. The summed E-state index contributed by atoms with van der Waals surface area (Å²) in [5.41, 5.74) is 0. The Morgan fingerprint density at radius 2 is 2.27 bits per heavy atom. The lowest BCUT2D eigenvalue weighted by Crippen LogP contribution is -2.38. The van der Waals surface area contributed by atoms with Crippen LogP contribution in [-0.2, 0) is 9.59 Å². The van der Waals surface area contributed by atoms with E-state index in [-0.39, 0.29) is 17.7 Å². The molecule has 15 heavy (non-hydrogen) atoms. The molecule has 1 aliphatic heterocycles. The van der Waals surface area contributed by atoms with Gasteiger partial charge in [0.2, 0.25) is 11.8 Å². The minimum Gasteiger partial charge on any atom is -0.355 e.